The molecular weight excluding hydrogens is 400 g/mol. The molecular formula is C23H29ClN4O2. The number of carbonyl (C=O) groups excluding carboxylic acids is 1. The van der Waals surface area contributed by atoms with E-state index in [1.807, 2.05) is 24.3 Å². The second kappa shape index (κ2) is 9.31. The lowest BCUT2D eigenvalue weighted by atomic mass is 10.1. The van der Waals surface area contributed by atoms with Crippen LogP contribution in [0.5, 0.6) is 0 Å². The number of carbonyl (C=O) groups is 1. The number of halogens is 1. The largest absolute Gasteiger partial charge is 0.391 e. The molecule has 2 atom stereocenters. The molecule has 2 heterocycles. The minimum atomic E-state index is -0.596. The van der Waals surface area contributed by atoms with Gasteiger partial charge in [0.25, 0.3) is 5.91 Å². The van der Waals surface area contributed by atoms with Crippen LogP contribution in [0.4, 0.5) is 5.82 Å². The third-order valence-corrected chi connectivity index (χ3v) is 6.21. The summed E-state index contributed by atoms with van der Waals surface area (Å²) in [6.07, 6.45) is 7.73. The molecule has 4 rings (SSSR count). The Kier molecular flexibility index (Phi) is 6.54. The van der Waals surface area contributed by atoms with Crippen molar-refractivity contribution in [3.63, 3.8) is 0 Å². The Hall–Kier alpha value is -2.18. The van der Waals surface area contributed by atoms with Gasteiger partial charge in [-0.25, -0.2) is 9.97 Å². The van der Waals surface area contributed by atoms with Crippen LogP contribution in [0.25, 0.3) is 11.3 Å². The highest BCUT2D eigenvalue weighted by atomic mass is 35.5. The molecule has 0 radical (unpaired) electrons. The van der Waals surface area contributed by atoms with Crippen molar-refractivity contribution in [2.75, 3.05) is 18.0 Å². The topological polar surface area (TPSA) is 78.3 Å². The van der Waals surface area contributed by atoms with Crippen molar-refractivity contribution < 1.29 is 9.90 Å². The number of rotatable bonds is 6. The lowest BCUT2D eigenvalue weighted by Gasteiger charge is -2.24. The second-order valence-electron chi connectivity index (χ2n) is 8.41. The summed E-state index contributed by atoms with van der Waals surface area (Å²) in [4.78, 5) is 24.6. The maximum Gasteiger partial charge on any atom is 0.271 e. The number of aromatic nitrogens is 2. The zero-order valence-corrected chi connectivity index (χ0v) is 18.1. The highest BCUT2D eigenvalue weighted by Gasteiger charge is 2.35. The summed E-state index contributed by atoms with van der Waals surface area (Å²) in [5.74, 6) is 0.858. The number of hydrogen-bond acceptors (Lipinski definition) is 5. The highest BCUT2D eigenvalue weighted by molar-refractivity contribution is 6.30. The first-order chi connectivity index (χ1) is 14.5. The zero-order valence-electron chi connectivity index (χ0n) is 17.4. The van der Waals surface area contributed by atoms with Crippen molar-refractivity contribution >= 4 is 23.3 Å². The van der Waals surface area contributed by atoms with Crippen molar-refractivity contribution in [3.05, 3.63) is 41.2 Å². The van der Waals surface area contributed by atoms with E-state index in [1.54, 1.807) is 13.1 Å². The van der Waals surface area contributed by atoms with Gasteiger partial charge in [-0.2, -0.15) is 0 Å². The molecule has 0 spiro atoms. The molecule has 2 aromatic rings. The third-order valence-electron chi connectivity index (χ3n) is 5.96. The van der Waals surface area contributed by atoms with Gasteiger partial charge < -0.3 is 15.3 Å². The van der Waals surface area contributed by atoms with Crippen LogP contribution in [-0.2, 0) is 0 Å². The van der Waals surface area contributed by atoms with Crippen molar-refractivity contribution in [1.29, 1.82) is 0 Å². The minimum Gasteiger partial charge on any atom is -0.391 e. The first-order valence-electron chi connectivity index (χ1n) is 10.9. The van der Waals surface area contributed by atoms with Crippen LogP contribution in [0.1, 0.15) is 55.9 Å². The number of nitrogens with zero attached hydrogens (tertiary/aromatic N) is 3. The van der Waals surface area contributed by atoms with E-state index >= 15 is 0 Å². The lowest BCUT2D eigenvalue weighted by Crippen LogP contribution is -2.44. The molecule has 1 saturated heterocycles. The van der Waals surface area contributed by atoms with Crippen LogP contribution in [0, 0.1) is 5.92 Å². The summed E-state index contributed by atoms with van der Waals surface area (Å²) >= 11 is 6.08. The average molecular weight is 429 g/mol. The number of aliphatic hydroxyl groups is 1. The van der Waals surface area contributed by atoms with Crippen molar-refractivity contribution in [2.24, 2.45) is 5.92 Å². The second-order valence-corrected chi connectivity index (χ2v) is 8.85. The van der Waals surface area contributed by atoms with Gasteiger partial charge in [-0.1, -0.05) is 36.6 Å². The van der Waals surface area contributed by atoms with Crippen LogP contribution < -0.4 is 10.2 Å². The van der Waals surface area contributed by atoms with Crippen LogP contribution in [-0.4, -0.2) is 46.2 Å². The summed E-state index contributed by atoms with van der Waals surface area (Å²) in [7, 11) is 0. The lowest BCUT2D eigenvalue weighted by molar-refractivity contribution is 0.0831. The molecule has 2 N–H and O–H groups in total. The van der Waals surface area contributed by atoms with Crippen LogP contribution >= 0.6 is 11.6 Å². The summed E-state index contributed by atoms with van der Waals surface area (Å²) in [5, 5.41) is 13.7. The van der Waals surface area contributed by atoms with Gasteiger partial charge in [-0.3, -0.25) is 4.79 Å². The number of nitrogens with one attached hydrogen (secondary N) is 1. The SMILES string of the molecule is C[C@@H](O)C(NC(=O)c1cnc(N2CCCCCC2)c(-c2ccc(Cl)cc2)n1)C1CC1. The fourth-order valence-electron chi connectivity index (χ4n) is 4.12. The molecule has 30 heavy (non-hydrogen) atoms. The van der Waals surface area contributed by atoms with Gasteiger partial charge in [0.1, 0.15) is 11.4 Å². The number of benzene rings is 1. The van der Waals surface area contributed by atoms with E-state index in [0.717, 1.165) is 50.2 Å². The number of anilines is 1. The summed E-state index contributed by atoms with van der Waals surface area (Å²) in [6, 6.07) is 7.24. The van der Waals surface area contributed by atoms with Crippen LogP contribution in [0.15, 0.2) is 30.5 Å². The van der Waals surface area contributed by atoms with E-state index < -0.39 is 6.10 Å². The van der Waals surface area contributed by atoms with E-state index in [1.165, 1.54) is 12.8 Å². The van der Waals surface area contributed by atoms with Gasteiger partial charge in [0.05, 0.1) is 18.3 Å². The predicted molar refractivity (Wildman–Crippen MR) is 119 cm³/mol. The first-order valence-corrected chi connectivity index (χ1v) is 11.3. The summed E-state index contributed by atoms with van der Waals surface area (Å²) in [5.41, 5.74) is 1.85. The Morgan fingerprint density at radius 2 is 1.83 bits per heavy atom. The molecule has 1 aromatic heterocycles. The van der Waals surface area contributed by atoms with E-state index in [-0.39, 0.29) is 17.6 Å². The summed E-state index contributed by atoms with van der Waals surface area (Å²) < 4.78 is 0. The molecule has 1 saturated carbocycles. The highest BCUT2D eigenvalue weighted by Crippen LogP contribution is 2.34. The molecule has 1 unspecified atom stereocenters. The third kappa shape index (κ3) is 4.93. The van der Waals surface area contributed by atoms with Crippen molar-refractivity contribution in [1.82, 2.24) is 15.3 Å². The van der Waals surface area contributed by atoms with Crippen LogP contribution in [0.2, 0.25) is 5.02 Å². The van der Waals surface area contributed by atoms with Gasteiger partial charge in [0.2, 0.25) is 0 Å². The molecule has 2 aliphatic rings. The Balaban J connectivity index is 1.66. The minimum absolute atomic E-state index is 0.247. The Labute approximate surface area is 182 Å². The average Bonchev–Trinajstić information content (AvgIpc) is 3.59. The van der Waals surface area contributed by atoms with E-state index in [4.69, 9.17) is 16.6 Å². The molecule has 2 fully saturated rings. The van der Waals surface area contributed by atoms with Crippen molar-refractivity contribution in [2.45, 2.75) is 57.6 Å². The zero-order chi connectivity index (χ0) is 21.1. The molecule has 1 aliphatic heterocycles. The Morgan fingerprint density at radius 3 is 2.43 bits per heavy atom. The Bertz CT molecular complexity index is 873. The fourth-order valence-corrected chi connectivity index (χ4v) is 4.25. The van der Waals surface area contributed by atoms with Crippen molar-refractivity contribution in [3.8, 4) is 11.3 Å². The molecule has 160 valence electrons. The molecule has 1 aromatic carbocycles. The molecule has 1 aliphatic carbocycles. The van der Waals surface area contributed by atoms with Gasteiger partial charge in [0.15, 0.2) is 5.82 Å². The van der Waals surface area contributed by atoms with Crippen LogP contribution in [0.3, 0.4) is 0 Å². The number of amides is 1. The van der Waals surface area contributed by atoms with Gasteiger partial charge in [-0.15, -0.1) is 0 Å². The summed E-state index contributed by atoms with van der Waals surface area (Å²) in [6.45, 7) is 3.59. The molecule has 7 heteroatoms. The molecule has 1 amide bonds. The van der Waals surface area contributed by atoms with Gasteiger partial charge in [-0.05, 0) is 50.7 Å². The monoisotopic (exact) mass is 428 g/mol. The standard InChI is InChI=1S/C23H29ClN4O2/c1-15(29)20(16-6-7-16)27-23(30)19-14-25-22(28-12-4-2-3-5-13-28)21(26-19)17-8-10-18(24)11-9-17/h8-11,14-16,20,29H,2-7,12-13H2,1H3,(H,27,30)/t15-,20?/m1/s1. The normalized spacial score (nSPS) is 19.1. The van der Waals surface area contributed by atoms with E-state index in [9.17, 15) is 9.90 Å². The van der Waals surface area contributed by atoms with Gasteiger partial charge >= 0.3 is 0 Å². The van der Waals surface area contributed by atoms with Gasteiger partial charge in [0, 0.05) is 23.7 Å². The maximum atomic E-state index is 12.9. The van der Waals surface area contributed by atoms with E-state index in [0.29, 0.717) is 16.6 Å². The number of aliphatic hydroxyl groups excluding tert-OH is 1. The maximum absolute atomic E-state index is 12.9. The predicted octanol–water partition coefficient (Wildman–Crippen LogP) is 4.07. The Morgan fingerprint density at radius 1 is 1.17 bits per heavy atom. The number of hydrogen-bond donors (Lipinski definition) is 2. The van der Waals surface area contributed by atoms with E-state index in [2.05, 4.69) is 15.2 Å². The quantitative estimate of drug-likeness (QED) is 0.725. The molecule has 6 nitrogen and oxygen atoms in total. The smallest absolute Gasteiger partial charge is 0.271 e. The first kappa shape index (κ1) is 21.1. The molecule has 0 bridgehead atoms. The fraction of sp³-hybridized carbons (Fsp3) is 0.522.